The second-order valence-corrected chi connectivity index (χ2v) is 14.8. The summed E-state index contributed by atoms with van der Waals surface area (Å²) in [6, 6.07) is 16.0. The van der Waals surface area contributed by atoms with Crippen LogP contribution in [0.25, 0.3) is 27.8 Å². The number of nitrogens with zero attached hydrogens (tertiary/aromatic N) is 4. The van der Waals surface area contributed by atoms with Crippen LogP contribution in [-0.2, 0) is 23.3 Å². The van der Waals surface area contributed by atoms with Crippen molar-refractivity contribution in [2.45, 2.75) is 51.3 Å². The Morgan fingerprint density at radius 2 is 1.52 bits per heavy atom. The van der Waals surface area contributed by atoms with Gasteiger partial charge in [0.1, 0.15) is 16.4 Å². The maximum atomic E-state index is 11.6. The van der Waals surface area contributed by atoms with Crippen LogP contribution in [0.4, 0.5) is 0 Å². The fraction of sp³-hybridized carbons (Fsp3) is 0.359. The second-order valence-electron chi connectivity index (χ2n) is 14.0. The summed E-state index contributed by atoms with van der Waals surface area (Å²) < 4.78 is 13.3. The van der Waals surface area contributed by atoms with Crippen LogP contribution in [0.2, 0.25) is 10.0 Å². The zero-order chi connectivity index (χ0) is 34.7. The largest absolute Gasteiger partial charge is 0.481 e. The molecule has 0 saturated carbocycles. The number of carboxylic acids is 1. The number of allylic oxidation sites excluding steroid dienone is 4. The lowest BCUT2D eigenvalue weighted by Gasteiger charge is -2.35. The van der Waals surface area contributed by atoms with Crippen molar-refractivity contribution in [1.82, 2.24) is 19.8 Å². The van der Waals surface area contributed by atoms with Gasteiger partial charge in [-0.05, 0) is 78.4 Å². The molecule has 8 rings (SSSR count). The number of hydrogen-bond acceptors (Lipinski definition) is 8. The number of benzene rings is 3. The molecule has 9 nitrogen and oxygen atoms in total. The Balaban J connectivity index is 1.23. The van der Waals surface area contributed by atoms with Crippen LogP contribution in [0, 0.1) is 18.8 Å². The first-order valence-electron chi connectivity index (χ1n) is 17.1. The number of oxazole rings is 2. The van der Waals surface area contributed by atoms with Crippen LogP contribution in [-0.4, -0.2) is 68.2 Å². The number of aliphatic hydroxyl groups excluding tert-OH is 1. The number of aryl methyl sites for hydroxylation is 1. The number of aliphatic carboxylic acids is 1. The molecule has 2 aromatic heterocycles. The highest BCUT2D eigenvalue weighted by atomic mass is 35.5. The number of aliphatic hydroxyl groups is 1. The summed E-state index contributed by atoms with van der Waals surface area (Å²) in [5, 5.41) is 20.4. The number of likely N-dealkylation sites (tertiary alicyclic amines) is 2. The van der Waals surface area contributed by atoms with Gasteiger partial charge in [0.25, 0.3) is 0 Å². The van der Waals surface area contributed by atoms with Crippen molar-refractivity contribution in [2.24, 2.45) is 11.8 Å². The molecule has 258 valence electrons. The first-order valence-corrected chi connectivity index (χ1v) is 17.8. The number of halogens is 2. The van der Waals surface area contributed by atoms with Gasteiger partial charge in [0.2, 0.25) is 11.8 Å². The van der Waals surface area contributed by atoms with Gasteiger partial charge in [0.15, 0.2) is 11.2 Å². The maximum absolute atomic E-state index is 11.6. The van der Waals surface area contributed by atoms with E-state index in [1.54, 1.807) is 0 Å². The van der Waals surface area contributed by atoms with Gasteiger partial charge in [0, 0.05) is 38.6 Å². The standard InChI is InChI=1S/C39H38Cl2N4O5/c1-22-6-3-4-7-28(22)29-8-5-11-39(23(29)2,38-43-33-17-25(15-31(41)35(33)50-38)19-45-13-10-27(46)21-45)37-42-32-16-24(14-30(40)34(32)49-37)18-44-12-9-26(20-44)36(47)48/h3-8,11,14-17,23,26-27,46H,9-10,12-13,18-21H2,1-2H3,(H,47,48)/t23?,26-,27-,39?/m0/s1. The summed E-state index contributed by atoms with van der Waals surface area (Å²) in [6.45, 7) is 8.10. The van der Waals surface area contributed by atoms with E-state index in [2.05, 4.69) is 41.9 Å². The number of hydrogen-bond donors (Lipinski definition) is 2. The molecule has 5 aromatic rings. The summed E-state index contributed by atoms with van der Waals surface area (Å²) >= 11 is 13.8. The Morgan fingerprint density at radius 3 is 2.08 bits per heavy atom. The predicted octanol–water partition coefficient (Wildman–Crippen LogP) is 7.63. The van der Waals surface area contributed by atoms with E-state index in [1.807, 2.05) is 48.6 Å². The third kappa shape index (κ3) is 5.85. The lowest BCUT2D eigenvalue weighted by molar-refractivity contribution is -0.141. The molecule has 50 heavy (non-hydrogen) atoms. The fourth-order valence-corrected chi connectivity index (χ4v) is 8.49. The minimum atomic E-state index is -1.06. The summed E-state index contributed by atoms with van der Waals surface area (Å²) in [6.07, 6.45) is 7.25. The fourth-order valence-electron chi connectivity index (χ4n) is 7.94. The summed E-state index contributed by atoms with van der Waals surface area (Å²) in [5.41, 5.74) is 6.40. The van der Waals surface area contributed by atoms with Crippen molar-refractivity contribution >= 4 is 56.9 Å². The van der Waals surface area contributed by atoms with Crippen molar-refractivity contribution in [2.75, 3.05) is 26.2 Å². The van der Waals surface area contributed by atoms with Gasteiger partial charge in [-0.1, -0.05) is 72.6 Å². The third-order valence-corrected chi connectivity index (χ3v) is 11.2. The van der Waals surface area contributed by atoms with E-state index in [9.17, 15) is 15.0 Å². The molecule has 4 heterocycles. The Labute approximate surface area is 299 Å². The zero-order valence-corrected chi connectivity index (χ0v) is 29.4. The van der Waals surface area contributed by atoms with Crippen LogP contribution in [0.5, 0.6) is 0 Å². The maximum Gasteiger partial charge on any atom is 0.307 e. The van der Waals surface area contributed by atoms with Crippen LogP contribution < -0.4 is 0 Å². The average molecular weight is 714 g/mol. The normalized spacial score (nSPS) is 24.5. The predicted molar refractivity (Wildman–Crippen MR) is 193 cm³/mol. The van der Waals surface area contributed by atoms with Gasteiger partial charge in [0.05, 0.1) is 22.1 Å². The third-order valence-electron chi connectivity index (χ3n) is 10.6. The van der Waals surface area contributed by atoms with Crippen molar-refractivity contribution in [1.29, 1.82) is 0 Å². The molecular weight excluding hydrogens is 675 g/mol. The van der Waals surface area contributed by atoms with Gasteiger partial charge in [-0.15, -0.1) is 0 Å². The van der Waals surface area contributed by atoms with Crippen molar-refractivity contribution in [3.63, 3.8) is 0 Å². The monoisotopic (exact) mass is 712 g/mol. The van der Waals surface area contributed by atoms with Gasteiger partial charge >= 0.3 is 5.97 Å². The molecule has 2 saturated heterocycles. The first-order chi connectivity index (χ1) is 24.1. The van der Waals surface area contributed by atoms with Crippen LogP contribution in [0.1, 0.15) is 53.8 Å². The minimum absolute atomic E-state index is 0.227. The van der Waals surface area contributed by atoms with E-state index in [0.717, 1.165) is 40.8 Å². The smallest absolute Gasteiger partial charge is 0.307 e. The Bertz CT molecular complexity index is 2190. The topological polar surface area (TPSA) is 116 Å². The summed E-state index contributed by atoms with van der Waals surface area (Å²) in [5.74, 6) is -0.544. The molecule has 0 amide bonds. The van der Waals surface area contributed by atoms with E-state index in [0.29, 0.717) is 83.2 Å². The molecule has 1 aliphatic carbocycles. The number of carbonyl (C=O) groups is 1. The highest BCUT2D eigenvalue weighted by Gasteiger charge is 2.50. The molecule has 2 aliphatic heterocycles. The molecule has 0 spiro atoms. The molecule has 0 bridgehead atoms. The molecule has 3 aromatic carbocycles. The number of carboxylic acid groups (broad SMARTS) is 1. The second kappa shape index (κ2) is 13.0. The SMILES string of the molecule is Cc1ccccc1C1=CC=CC(c2nc3cc(CN4CC[C@H](O)C4)cc(Cl)c3o2)(c2nc3cc(CN4CC[C@H](C(=O)O)C4)cc(Cl)c3o2)C1C. The summed E-state index contributed by atoms with van der Waals surface area (Å²) in [4.78, 5) is 26.1. The minimum Gasteiger partial charge on any atom is -0.481 e. The van der Waals surface area contributed by atoms with E-state index >= 15 is 0 Å². The van der Waals surface area contributed by atoms with Crippen molar-refractivity contribution in [3.05, 3.63) is 111 Å². The van der Waals surface area contributed by atoms with Crippen molar-refractivity contribution < 1.29 is 23.8 Å². The number of β-amino-alcohol motifs (C(OH)–C–C–N with tert-alkyl or cyclic N) is 1. The molecule has 3 aliphatic rings. The number of aromatic nitrogens is 2. The Kier molecular flexibility index (Phi) is 8.60. The van der Waals surface area contributed by atoms with Crippen LogP contribution >= 0.6 is 23.2 Å². The van der Waals surface area contributed by atoms with Gasteiger partial charge in [-0.3, -0.25) is 14.6 Å². The summed E-state index contributed by atoms with van der Waals surface area (Å²) in [7, 11) is 0. The van der Waals surface area contributed by atoms with E-state index < -0.39 is 11.4 Å². The molecule has 0 radical (unpaired) electrons. The molecule has 11 heteroatoms. The molecule has 4 atom stereocenters. The van der Waals surface area contributed by atoms with Crippen molar-refractivity contribution in [3.8, 4) is 0 Å². The highest BCUT2D eigenvalue weighted by molar-refractivity contribution is 6.35. The van der Waals surface area contributed by atoms with Gasteiger partial charge in [-0.2, -0.15) is 0 Å². The van der Waals surface area contributed by atoms with Gasteiger partial charge < -0.3 is 19.0 Å². The van der Waals surface area contributed by atoms with Crippen LogP contribution in [0.3, 0.4) is 0 Å². The zero-order valence-electron chi connectivity index (χ0n) is 27.9. The number of fused-ring (bicyclic) bond motifs is 2. The van der Waals surface area contributed by atoms with E-state index in [4.69, 9.17) is 42.0 Å². The lowest BCUT2D eigenvalue weighted by atomic mass is 9.67. The van der Waals surface area contributed by atoms with Gasteiger partial charge in [-0.25, -0.2) is 9.97 Å². The quantitative estimate of drug-likeness (QED) is 0.168. The molecule has 2 N–H and O–H groups in total. The Hall–Kier alpha value is -3.99. The first kappa shape index (κ1) is 33.2. The molecule has 2 fully saturated rings. The highest BCUT2D eigenvalue weighted by Crippen LogP contribution is 2.50. The number of rotatable bonds is 8. The Morgan fingerprint density at radius 1 is 0.920 bits per heavy atom. The van der Waals surface area contributed by atoms with Crippen LogP contribution in [0.15, 0.2) is 75.6 Å². The molecular formula is C39H38Cl2N4O5. The lowest BCUT2D eigenvalue weighted by Crippen LogP contribution is -2.36. The molecule has 2 unspecified atom stereocenters. The van der Waals surface area contributed by atoms with E-state index in [1.165, 1.54) is 0 Å². The average Bonchev–Trinajstić information content (AvgIpc) is 3.89. The van der Waals surface area contributed by atoms with E-state index in [-0.39, 0.29) is 17.9 Å².